The number of fused-ring (bicyclic) bond motifs is 1. The molecular weight excluding hydrogens is 366 g/mol. The second-order valence-corrected chi connectivity index (χ2v) is 7.15. The molecular formula is C21H21N7O. The van der Waals surface area contributed by atoms with Crippen LogP contribution in [0.2, 0.25) is 0 Å². The fraction of sp³-hybridized carbons (Fsp3) is 0.238. The van der Waals surface area contributed by atoms with E-state index in [0.717, 1.165) is 49.8 Å². The molecule has 0 atom stereocenters. The lowest BCUT2D eigenvalue weighted by Gasteiger charge is -2.34. The normalized spacial score (nSPS) is 15.1. The van der Waals surface area contributed by atoms with Crippen molar-refractivity contribution in [2.75, 3.05) is 26.2 Å². The first kappa shape index (κ1) is 17.6. The van der Waals surface area contributed by atoms with E-state index in [1.807, 2.05) is 58.0 Å². The van der Waals surface area contributed by atoms with E-state index in [-0.39, 0.29) is 5.91 Å². The number of carbonyl (C=O) groups excluding carboxylic acids is 1. The summed E-state index contributed by atoms with van der Waals surface area (Å²) in [5, 5.41) is 4.11. The van der Waals surface area contributed by atoms with E-state index in [4.69, 9.17) is 0 Å². The van der Waals surface area contributed by atoms with Gasteiger partial charge in [0, 0.05) is 50.7 Å². The summed E-state index contributed by atoms with van der Waals surface area (Å²) in [5.74, 6) is 0.0718. The zero-order valence-corrected chi connectivity index (χ0v) is 15.9. The molecule has 4 heterocycles. The van der Waals surface area contributed by atoms with E-state index < -0.39 is 0 Å². The predicted molar refractivity (Wildman–Crippen MR) is 108 cm³/mol. The summed E-state index contributed by atoms with van der Waals surface area (Å²) in [5.41, 5.74) is 3.60. The van der Waals surface area contributed by atoms with Gasteiger partial charge in [0.2, 0.25) is 0 Å². The van der Waals surface area contributed by atoms with E-state index >= 15 is 0 Å². The zero-order valence-electron chi connectivity index (χ0n) is 15.9. The van der Waals surface area contributed by atoms with Gasteiger partial charge < -0.3 is 9.30 Å². The number of rotatable bonds is 4. The highest BCUT2D eigenvalue weighted by Gasteiger charge is 2.22. The molecule has 1 amide bonds. The van der Waals surface area contributed by atoms with Crippen molar-refractivity contribution in [3.8, 4) is 5.69 Å². The number of pyridine rings is 1. The lowest BCUT2D eigenvalue weighted by atomic mass is 10.1. The third kappa shape index (κ3) is 3.62. The van der Waals surface area contributed by atoms with Crippen molar-refractivity contribution in [2.24, 2.45) is 0 Å². The fourth-order valence-electron chi connectivity index (χ4n) is 3.68. The van der Waals surface area contributed by atoms with Crippen molar-refractivity contribution in [3.63, 3.8) is 0 Å². The highest BCUT2D eigenvalue weighted by Crippen LogP contribution is 2.14. The summed E-state index contributed by atoms with van der Waals surface area (Å²) in [6, 6.07) is 13.5. The summed E-state index contributed by atoms with van der Waals surface area (Å²) < 4.78 is 3.71. The number of imidazole rings is 1. The number of amides is 1. The summed E-state index contributed by atoms with van der Waals surface area (Å²) in [4.78, 5) is 25.7. The van der Waals surface area contributed by atoms with Crippen molar-refractivity contribution < 1.29 is 4.79 Å². The summed E-state index contributed by atoms with van der Waals surface area (Å²) >= 11 is 0. The minimum Gasteiger partial charge on any atom is -0.336 e. The molecule has 8 heteroatoms. The molecule has 0 aliphatic carbocycles. The number of aromatic nitrogens is 5. The highest BCUT2D eigenvalue weighted by atomic mass is 16.2. The summed E-state index contributed by atoms with van der Waals surface area (Å²) in [6.45, 7) is 3.93. The largest absolute Gasteiger partial charge is 0.336 e. The minimum absolute atomic E-state index is 0.0718. The topological polar surface area (TPSA) is 71.6 Å². The third-order valence-corrected chi connectivity index (χ3v) is 5.26. The number of nitrogens with zero attached hydrogens (tertiary/aromatic N) is 7. The molecule has 0 saturated carbocycles. The van der Waals surface area contributed by atoms with Gasteiger partial charge in [0.15, 0.2) is 0 Å². The molecule has 0 unspecified atom stereocenters. The van der Waals surface area contributed by atoms with Crippen LogP contribution in [0, 0.1) is 0 Å². The smallest absolute Gasteiger partial charge is 0.253 e. The van der Waals surface area contributed by atoms with Crippen LogP contribution in [0.3, 0.4) is 0 Å². The number of benzene rings is 1. The Bertz CT molecular complexity index is 1080. The highest BCUT2D eigenvalue weighted by molar-refractivity contribution is 5.94. The second kappa shape index (κ2) is 7.48. The van der Waals surface area contributed by atoms with E-state index in [0.29, 0.717) is 5.56 Å². The van der Waals surface area contributed by atoms with Crippen molar-refractivity contribution in [1.82, 2.24) is 33.9 Å². The molecule has 0 N–H and O–H groups in total. The van der Waals surface area contributed by atoms with Crippen LogP contribution in [-0.2, 0) is 6.54 Å². The van der Waals surface area contributed by atoms with Crippen LogP contribution in [0.15, 0.2) is 67.5 Å². The molecule has 0 spiro atoms. The van der Waals surface area contributed by atoms with Gasteiger partial charge in [-0.1, -0.05) is 6.07 Å². The van der Waals surface area contributed by atoms with Crippen LogP contribution in [0.5, 0.6) is 0 Å². The Kier molecular flexibility index (Phi) is 4.53. The van der Waals surface area contributed by atoms with Gasteiger partial charge in [-0.2, -0.15) is 5.10 Å². The van der Waals surface area contributed by atoms with E-state index in [2.05, 4.69) is 26.2 Å². The van der Waals surface area contributed by atoms with Gasteiger partial charge in [-0.25, -0.2) is 14.6 Å². The Hall–Kier alpha value is -3.52. The van der Waals surface area contributed by atoms with Crippen LogP contribution in [0.1, 0.15) is 16.1 Å². The van der Waals surface area contributed by atoms with Gasteiger partial charge >= 0.3 is 0 Å². The van der Waals surface area contributed by atoms with Gasteiger partial charge in [-0.05, 0) is 36.4 Å². The number of carbonyl (C=O) groups is 1. The number of hydrogen-bond acceptors (Lipinski definition) is 5. The van der Waals surface area contributed by atoms with Crippen LogP contribution in [-0.4, -0.2) is 66.0 Å². The monoisotopic (exact) mass is 387 g/mol. The Morgan fingerprint density at radius 3 is 2.55 bits per heavy atom. The van der Waals surface area contributed by atoms with Crippen molar-refractivity contribution in [1.29, 1.82) is 0 Å². The van der Waals surface area contributed by atoms with Crippen LogP contribution in [0.25, 0.3) is 11.3 Å². The van der Waals surface area contributed by atoms with E-state index in [1.54, 1.807) is 11.0 Å². The van der Waals surface area contributed by atoms with Gasteiger partial charge in [0.1, 0.15) is 18.3 Å². The van der Waals surface area contributed by atoms with E-state index in [9.17, 15) is 4.79 Å². The lowest BCUT2D eigenvalue weighted by molar-refractivity contribution is 0.0627. The molecule has 4 aromatic rings. The maximum Gasteiger partial charge on any atom is 0.253 e. The van der Waals surface area contributed by atoms with Gasteiger partial charge in [-0.15, -0.1) is 0 Å². The van der Waals surface area contributed by atoms with Crippen LogP contribution in [0.4, 0.5) is 0 Å². The molecule has 1 aliphatic rings. The molecule has 146 valence electrons. The summed E-state index contributed by atoms with van der Waals surface area (Å²) in [6.07, 6.45) is 7.21. The first-order valence-corrected chi connectivity index (χ1v) is 9.65. The molecule has 29 heavy (non-hydrogen) atoms. The second-order valence-electron chi connectivity index (χ2n) is 7.15. The third-order valence-electron chi connectivity index (χ3n) is 5.26. The predicted octanol–water partition coefficient (Wildman–Crippen LogP) is 1.87. The quantitative estimate of drug-likeness (QED) is 0.535. The van der Waals surface area contributed by atoms with Crippen LogP contribution < -0.4 is 0 Å². The average Bonchev–Trinajstić information content (AvgIpc) is 3.43. The average molecular weight is 387 g/mol. The first-order chi connectivity index (χ1) is 14.3. The molecule has 8 nitrogen and oxygen atoms in total. The lowest BCUT2D eigenvalue weighted by Crippen LogP contribution is -2.48. The van der Waals surface area contributed by atoms with Gasteiger partial charge in [0.05, 0.1) is 11.4 Å². The zero-order chi connectivity index (χ0) is 19.6. The molecule has 5 rings (SSSR count). The molecule has 0 radical (unpaired) electrons. The minimum atomic E-state index is 0.0718. The number of hydrogen-bond donors (Lipinski definition) is 0. The maximum absolute atomic E-state index is 12.8. The Labute approximate surface area is 168 Å². The first-order valence-electron chi connectivity index (χ1n) is 9.65. The number of piperazine rings is 1. The Morgan fingerprint density at radius 1 is 1.00 bits per heavy atom. The molecule has 1 aromatic carbocycles. The Morgan fingerprint density at radius 2 is 1.83 bits per heavy atom. The van der Waals surface area contributed by atoms with E-state index in [1.165, 1.54) is 6.33 Å². The van der Waals surface area contributed by atoms with Gasteiger partial charge in [0.25, 0.3) is 5.91 Å². The van der Waals surface area contributed by atoms with Crippen molar-refractivity contribution in [3.05, 3.63) is 78.8 Å². The van der Waals surface area contributed by atoms with Crippen LogP contribution >= 0.6 is 0 Å². The Balaban J connectivity index is 1.19. The molecule has 3 aromatic heterocycles. The molecule has 1 aliphatic heterocycles. The molecule has 1 saturated heterocycles. The molecule has 1 fully saturated rings. The van der Waals surface area contributed by atoms with Crippen molar-refractivity contribution in [2.45, 2.75) is 6.54 Å². The molecule has 0 bridgehead atoms. The SMILES string of the molecule is O=C(c1ccc(-n2cncn2)cc1)N1CCN(Cc2cn3ccccc3n2)CC1. The fourth-order valence-corrected chi connectivity index (χ4v) is 3.68. The standard InChI is InChI=1S/C21H21N7O/c29-21(17-4-6-19(7-5-17)28-16-22-15-23-28)26-11-9-25(10-12-26)13-18-14-27-8-2-1-3-20(27)24-18/h1-8,14-16H,9-13H2. The summed E-state index contributed by atoms with van der Waals surface area (Å²) in [7, 11) is 0. The van der Waals surface area contributed by atoms with Crippen molar-refractivity contribution >= 4 is 11.6 Å². The van der Waals surface area contributed by atoms with Gasteiger partial charge in [-0.3, -0.25) is 9.69 Å². The maximum atomic E-state index is 12.8.